The molecular weight excluding hydrogens is 370 g/mol. The first-order valence-corrected chi connectivity index (χ1v) is 7.43. The monoisotopic (exact) mass is 381 g/mol. The summed E-state index contributed by atoms with van der Waals surface area (Å²) in [5.41, 5.74) is 2.93. The summed E-state index contributed by atoms with van der Waals surface area (Å²) in [7, 11) is 0. The van der Waals surface area contributed by atoms with E-state index in [9.17, 15) is 4.79 Å². The molecule has 2 aromatic carbocycles. The number of rotatable bonds is 3. The highest BCUT2D eigenvalue weighted by Gasteiger charge is 2.09. The van der Waals surface area contributed by atoms with Gasteiger partial charge in [-0.05, 0) is 46.6 Å². The molecular formula is C15H13Br2NO. The van der Waals surface area contributed by atoms with E-state index in [4.69, 9.17) is 0 Å². The molecule has 2 nitrogen and oxygen atoms in total. The third-order valence-corrected chi connectivity index (χ3v) is 3.86. The second-order valence-electron chi connectivity index (χ2n) is 4.30. The van der Waals surface area contributed by atoms with Crippen LogP contribution in [-0.4, -0.2) is 5.91 Å². The van der Waals surface area contributed by atoms with Gasteiger partial charge >= 0.3 is 0 Å². The molecule has 0 atom stereocenters. The van der Waals surface area contributed by atoms with E-state index in [2.05, 4.69) is 43.2 Å². The Morgan fingerprint density at radius 1 is 1.16 bits per heavy atom. The summed E-state index contributed by atoms with van der Waals surface area (Å²) >= 11 is 6.76. The fourth-order valence-electron chi connectivity index (χ4n) is 1.77. The van der Waals surface area contributed by atoms with Crippen molar-refractivity contribution < 1.29 is 4.79 Å². The predicted molar refractivity (Wildman–Crippen MR) is 84.2 cm³/mol. The smallest absolute Gasteiger partial charge is 0.252 e. The number of carbonyl (C=O) groups is 1. The molecule has 98 valence electrons. The molecule has 0 bridgehead atoms. The van der Waals surface area contributed by atoms with Gasteiger partial charge in [0.05, 0.1) is 5.56 Å². The van der Waals surface area contributed by atoms with Gasteiger partial charge in [0, 0.05) is 15.5 Å². The number of amides is 1. The van der Waals surface area contributed by atoms with Gasteiger partial charge in [0.25, 0.3) is 5.91 Å². The quantitative estimate of drug-likeness (QED) is 0.834. The molecule has 0 aromatic heterocycles. The summed E-state index contributed by atoms with van der Waals surface area (Å²) in [6.07, 6.45) is 0. The van der Waals surface area contributed by atoms with E-state index in [0.717, 1.165) is 14.5 Å². The lowest BCUT2D eigenvalue weighted by molar-refractivity contribution is 0.0950. The van der Waals surface area contributed by atoms with Crippen molar-refractivity contribution >= 4 is 37.8 Å². The fraction of sp³-hybridized carbons (Fsp3) is 0.133. The maximum atomic E-state index is 12.1. The number of aryl methyl sites for hydroxylation is 1. The Balaban J connectivity index is 2.05. The minimum Gasteiger partial charge on any atom is -0.348 e. The van der Waals surface area contributed by atoms with Crippen LogP contribution >= 0.6 is 31.9 Å². The molecule has 0 aliphatic carbocycles. The molecule has 1 amide bonds. The predicted octanol–water partition coefficient (Wildman–Crippen LogP) is 4.45. The van der Waals surface area contributed by atoms with Gasteiger partial charge in [-0.25, -0.2) is 0 Å². The first-order chi connectivity index (χ1) is 9.06. The zero-order chi connectivity index (χ0) is 13.8. The molecule has 0 spiro atoms. The van der Waals surface area contributed by atoms with Crippen LogP contribution in [0.25, 0.3) is 0 Å². The van der Waals surface area contributed by atoms with E-state index < -0.39 is 0 Å². The third kappa shape index (κ3) is 3.91. The molecule has 0 radical (unpaired) electrons. The molecule has 0 heterocycles. The van der Waals surface area contributed by atoms with Crippen LogP contribution in [0.4, 0.5) is 0 Å². The Kier molecular flexibility index (Phi) is 4.77. The van der Waals surface area contributed by atoms with Crippen LogP contribution in [0, 0.1) is 6.92 Å². The average Bonchev–Trinajstić information content (AvgIpc) is 2.36. The van der Waals surface area contributed by atoms with Gasteiger partial charge in [0.2, 0.25) is 0 Å². The van der Waals surface area contributed by atoms with Crippen LogP contribution < -0.4 is 5.32 Å². The normalized spacial score (nSPS) is 10.3. The maximum Gasteiger partial charge on any atom is 0.252 e. The number of hydrogen-bond acceptors (Lipinski definition) is 1. The topological polar surface area (TPSA) is 29.1 Å². The average molecular weight is 383 g/mol. The number of carbonyl (C=O) groups excluding carboxylic acids is 1. The summed E-state index contributed by atoms with van der Waals surface area (Å²) in [5, 5.41) is 2.92. The van der Waals surface area contributed by atoms with Gasteiger partial charge in [-0.2, -0.15) is 0 Å². The lowest BCUT2D eigenvalue weighted by Gasteiger charge is -2.08. The van der Waals surface area contributed by atoms with Crippen LogP contribution in [0.1, 0.15) is 21.5 Å². The van der Waals surface area contributed by atoms with E-state index in [1.807, 2.05) is 37.3 Å². The van der Waals surface area contributed by atoms with E-state index in [1.54, 1.807) is 6.07 Å². The van der Waals surface area contributed by atoms with E-state index in [0.29, 0.717) is 12.1 Å². The fourth-order valence-corrected chi connectivity index (χ4v) is 3.00. The van der Waals surface area contributed by atoms with E-state index >= 15 is 0 Å². The Labute approximate surface area is 129 Å². The molecule has 0 unspecified atom stereocenters. The zero-order valence-corrected chi connectivity index (χ0v) is 13.6. The van der Waals surface area contributed by atoms with Gasteiger partial charge in [-0.1, -0.05) is 45.8 Å². The van der Waals surface area contributed by atoms with Crippen LogP contribution in [-0.2, 0) is 6.54 Å². The Hall–Kier alpha value is -1.13. The van der Waals surface area contributed by atoms with Crippen molar-refractivity contribution in [3.05, 3.63) is 68.1 Å². The second-order valence-corrected chi connectivity index (χ2v) is 6.07. The maximum absolute atomic E-state index is 12.1. The number of benzene rings is 2. The highest BCUT2D eigenvalue weighted by molar-refractivity contribution is 9.11. The number of hydrogen-bond donors (Lipinski definition) is 1. The summed E-state index contributed by atoms with van der Waals surface area (Å²) in [6, 6.07) is 13.6. The lowest BCUT2D eigenvalue weighted by atomic mass is 10.1. The third-order valence-electron chi connectivity index (χ3n) is 2.71. The summed E-state index contributed by atoms with van der Waals surface area (Å²) in [6.45, 7) is 2.57. The highest BCUT2D eigenvalue weighted by Crippen LogP contribution is 2.21. The molecule has 0 aliphatic heterocycles. The molecule has 2 rings (SSSR count). The Bertz CT molecular complexity index is 611. The molecule has 4 heteroatoms. The van der Waals surface area contributed by atoms with E-state index in [-0.39, 0.29) is 5.91 Å². The molecule has 19 heavy (non-hydrogen) atoms. The largest absolute Gasteiger partial charge is 0.348 e. The molecule has 0 saturated carbocycles. The second kappa shape index (κ2) is 6.35. The minimum absolute atomic E-state index is 0.0825. The van der Waals surface area contributed by atoms with Crippen LogP contribution in [0.5, 0.6) is 0 Å². The van der Waals surface area contributed by atoms with Crippen LogP contribution in [0.2, 0.25) is 0 Å². The molecule has 1 N–H and O–H groups in total. The van der Waals surface area contributed by atoms with Crippen LogP contribution in [0.3, 0.4) is 0 Å². The van der Waals surface area contributed by atoms with Crippen molar-refractivity contribution in [2.45, 2.75) is 13.5 Å². The van der Waals surface area contributed by atoms with E-state index in [1.165, 1.54) is 5.56 Å². The van der Waals surface area contributed by atoms with Crippen molar-refractivity contribution in [3.8, 4) is 0 Å². The lowest BCUT2D eigenvalue weighted by Crippen LogP contribution is -2.23. The van der Waals surface area contributed by atoms with Crippen molar-refractivity contribution in [3.63, 3.8) is 0 Å². The van der Waals surface area contributed by atoms with Gasteiger partial charge in [-0.15, -0.1) is 0 Å². The van der Waals surface area contributed by atoms with Gasteiger partial charge in [0.1, 0.15) is 0 Å². The molecule has 0 aliphatic rings. The van der Waals surface area contributed by atoms with Crippen molar-refractivity contribution in [1.29, 1.82) is 0 Å². The summed E-state index contributed by atoms with van der Waals surface area (Å²) in [4.78, 5) is 12.1. The van der Waals surface area contributed by atoms with Gasteiger partial charge in [-0.3, -0.25) is 4.79 Å². The summed E-state index contributed by atoms with van der Waals surface area (Å²) in [5.74, 6) is -0.0825. The van der Waals surface area contributed by atoms with Gasteiger partial charge in [0.15, 0.2) is 0 Å². The van der Waals surface area contributed by atoms with Crippen molar-refractivity contribution in [2.75, 3.05) is 0 Å². The minimum atomic E-state index is -0.0825. The summed E-state index contributed by atoms with van der Waals surface area (Å²) < 4.78 is 1.72. The highest BCUT2D eigenvalue weighted by atomic mass is 79.9. The first-order valence-electron chi connectivity index (χ1n) is 5.85. The molecule has 0 fully saturated rings. The molecule has 2 aromatic rings. The molecule has 0 saturated heterocycles. The SMILES string of the molecule is Cc1cccc(CNC(=O)c2ccc(Br)cc2Br)c1. The number of halogens is 2. The number of nitrogens with one attached hydrogen (secondary N) is 1. The van der Waals surface area contributed by atoms with Gasteiger partial charge < -0.3 is 5.32 Å². The van der Waals surface area contributed by atoms with Crippen LogP contribution in [0.15, 0.2) is 51.4 Å². The zero-order valence-electron chi connectivity index (χ0n) is 10.4. The first kappa shape index (κ1) is 14.3. The van der Waals surface area contributed by atoms with Crippen molar-refractivity contribution in [2.24, 2.45) is 0 Å². The standard InChI is InChI=1S/C15H13Br2NO/c1-10-3-2-4-11(7-10)9-18-15(19)13-6-5-12(16)8-14(13)17/h2-8H,9H2,1H3,(H,18,19). The van der Waals surface area contributed by atoms with Crippen molar-refractivity contribution in [1.82, 2.24) is 5.32 Å². The Morgan fingerprint density at radius 3 is 2.63 bits per heavy atom. The Morgan fingerprint density at radius 2 is 1.95 bits per heavy atom.